The molecule has 0 rings (SSSR count). The molecule has 1 amide bonds. The number of alkyl carbamates (subject to hydrolysis) is 1. The Morgan fingerprint density at radius 3 is 2.06 bits per heavy atom. The molecule has 0 saturated carbocycles. The van der Waals surface area contributed by atoms with Gasteiger partial charge in [0.2, 0.25) is 0 Å². The van der Waals surface area contributed by atoms with E-state index < -0.39 is 29.3 Å². The van der Waals surface area contributed by atoms with E-state index in [0.717, 1.165) is 0 Å². The summed E-state index contributed by atoms with van der Waals surface area (Å²) in [6.45, 7) is 10.4. The Bertz CT molecular complexity index is 306. The number of carbonyl (C=O) groups excluding carboxylic acids is 1. The van der Waals surface area contributed by atoms with Crippen molar-refractivity contribution in [2.45, 2.75) is 58.8 Å². The van der Waals surface area contributed by atoms with Gasteiger partial charge < -0.3 is 19.9 Å². The molecule has 0 saturated heterocycles. The van der Waals surface area contributed by atoms with Gasteiger partial charge in [0.05, 0.1) is 5.60 Å². The van der Waals surface area contributed by atoms with Crippen LogP contribution in [0.5, 0.6) is 0 Å². The molecule has 0 aromatic carbocycles. The molecule has 0 aliphatic rings. The number of aliphatic carboxylic acids is 1. The molecule has 0 bridgehead atoms. The molecule has 0 heterocycles. The van der Waals surface area contributed by atoms with Crippen molar-refractivity contribution < 1.29 is 24.2 Å². The summed E-state index contributed by atoms with van der Waals surface area (Å²) in [6, 6.07) is -1.17. The maximum Gasteiger partial charge on any atom is 0.408 e. The summed E-state index contributed by atoms with van der Waals surface area (Å²) >= 11 is 0. The van der Waals surface area contributed by atoms with Crippen molar-refractivity contribution in [3.63, 3.8) is 0 Å². The number of carbonyl (C=O) groups is 2. The molecular formula is C12H23NO5. The summed E-state index contributed by atoms with van der Waals surface area (Å²) < 4.78 is 10.4. The van der Waals surface area contributed by atoms with Crippen molar-refractivity contribution in [2.75, 3.05) is 6.61 Å². The zero-order valence-corrected chi connectivity index (χ0v) is 11.9. The molecule has 0 aromatic heterocycles. The van der Waals surface area contributed by atoms with Crippen LogP contribution < -0.4 is 5.32 Å². The van der Waals surface area contributed by atoms with E-state index in [1.165, 1.54) is 0 Å². The van der Waals surface area contributed by atoms with Gasteiger partial charge in [-0.15, -0.1) is 0 Å². The number of rotatable bonds is 5. The summed E-state index contributed by atoms with van der Waals surface area (Å²) in [6.07, 6.45) is -0.775. The molecule has 0 aliphatic heterocycles. The van der Waals surface area contributed by atoms with Gasteiger partial charge in [-0.25, -0.2) is 9.59 Å². The van der Waals surface area contributed by atoms with Crippen molar-refractivity contribution in [3.05, 3.63) is 0 Å². The zero-order chi connectivity index (χ0) is 14.6. The summed E-state index contributed by atoms with van der Waals surface area (Å²) in [5, 5.41) is 11.4. The van der Waals surface area contributed by atoms with E-state index in [9.17, 15) is 9.59 Å². The lowest BCUT2D eigenvalue weighted by atomic mass is 9.99. The van der Waals surface area contributed by atoms with Crippen LogP contribution >= 0.6 is 0 Å². The number of ether oxygens (including phenoxy) is 2. The lowest BCUT2D eigenvalue weighted by molar-refractivity contribution is -0.148. The van der Waals surface area contributed by atoms with Crippen LogP contribution in [0.15, 0.2) is 0 Å². The SMILES string of the molecule is CCOC(C)(C)C(NC(=O)OC(C)(C)C)C(=O)O. The van der Waals surface area contributed by atoms with Gasteiger partial charge in [-0.2, -0.15) is 0 Å². The van der Waals surface area contributed by atoms with E-state index >= 15 is 0 Å². The zero-order valence-electron chi connectivity index (χ0n) is 11.9. The summed E-state index contributed by atoms with van der Waals surface area (Å²) in [5.74, 6) is -1.17. The maximum atomic E-state index is 11.6. The first-order valence-electron chi connectivity index (χ1n) is 5.86. The highest BCUT2D eigenvalue weighted by Crippen LogP contribution is 2.16. The van der Waals surface area contributed by atoms with E-state index in [2.05, 4.69) is 5.32 Å². The molecule has 18 heavy (non-hydrogen) atoms. The predicted octanol–water partition coefficient (Wildman–Crippen LogP) is 1.78. The van der Waals surface area contributed by atoms with Crippen LogP contribution in [0.2, 0.25) is 0 Å². The van der Waals surface area contributed by atoms with Crippen LogP contribution in [0.25, 0.3) is 0 Å². The third-order valence-electron chi connectivity index (χ3n) is 2.12. The fraction of sp³-hybridized carbons (Fsp3) is 0.833. The fourth-order valence-corrected chi connectivity index (χ4v) is 1.41. The summed E-state index contributed by atoms with van der Waals surface area (Å²) in [4.78, 5) is 22.7. The van der Waals surface area contributed by atoms with Crippen LogP contribution in [-0.2, 0) is 14.3 Å². The molecule has 6 nitrogen and oxygen atoms in total. The number of hydrogen-bond acceptors (Lipinski definition) is 4. The van der Waals surface area contributed by atoms with Gasteiger partial charge in [-0.3, -0.25) is 0 Å². The monoisotopic (exact) mass is 261 g/mol. The number of hydrogen-bond donors (Lipinski definition) is 2. The average Bonchev–Trinajstić information content (AvgIpc) is 2.10. The molecular weight excluding hydrogens is 238 g/mol. The largest absolute Gasteiger partial charge is 0.480 e. The topological polar surface area (TPSA) is 84.9 Å². The molecule has 2 N–H and O–H groups in total. The Labute approximate surface area is 108 Å². The van der Waals surface area contributed by atoms with Gasteiger partial charge >= 0.3 is 12.1 Å². The van der Waals surface area contributed by atoms with Gasteiger partial charge in [0.1, 0.15) is 5.60 Å². The van der Waals surface area contributed by atoms with Crippen molar-refractivity contribution in [1.29, 1.82) is 0 Å². The smallest absolute Gasteiger partial charge is 0.408 e. The number of carboxylic acid groups (broad SMARTS) is 1. The molecule has 6 heteroatoms. The summed E-state index contributed by atoms with van der Waals surface area (Å²) in [7, 11) is 0. The van der Waals surface area contributed by atoms with E-state index in [4.69, 9.17) is 14.6 Å². The quantitative estimate of drug-likeness (QED) is 0.788. The van der Waals surface area contributed by atoms with Gasteiger partial charge in [-0.1, -0.05) is 0 Å². The van der Waals surface area contributed by atoms with Crippen LogP contribution in [0.1, 0.15) is 41.5 Å². The predicted molar refractivity (Wildman–Crippen MR) is 66.5 cm³/mol. The first-order chi connectivity index (χ1) is 7.99. The number of carboxylic acids is 1. The highest BCUT2D eigenvalue weighted by Gasteiger charge is 2.38. The first-order valence-corrected chi connectivity index (χ1v) is 5.86. The van der Waals surface area contributed by atoms with Crippen molar-refractivity contribution >= 4 is 12.1 Å². The molecule has 0 aliphatic carbocycles. The third-order valence-corrected chi connectivity index (χ3v) is 2.12. The lowest BCUT2D eigenvalue weighted by Crippen LogP contribution is -2.56. The minimum absolute atomic E-state index is 0.354. The van der Waals surface area contributed by atoms with Gasteiger partial charge in [0, 0.05) is 6.61 Å². The van der Waals surface area contributed by atoms with Crippen LogP contribution in [-0.4, -0.2) is 41.0 Å². The molecule has 0 aromatic rings. The van der Waals surface area contributed by atoms with E-state index in [1.807, 2.05) is 0 Å². The Morgan fingerprint density at radius 2 is 1.72 bits per heavy atom. The van der Waals surface area contributed by atoms with E-state index in [0.29, 0.717) is 6.61 Å². The Hall–Kier alpha value is -1.30. The van der Waals surface area contributed by atoms with Gasteiger partial charge in [0.25, 0.3) is 0 Å². The van der Waals surface area contributed by atoms with Crippen molar-refractivity contribution in [2.24, 2.45) is 0 Å². The highest BCUT2D eigenvalue weighted by molar-refractivity contribution is 5.81. The second-order valence-electron chi connectivity index (χ2n) is 5.45. The third kappa shape index (κ3) is 5.86. The number of amides is 1. The molecule has 106 valence electrons. The van der Waals surface area contributed by atoms with Gasteiger partial charge in [-0.05, 0) is 41.5 Å². The fourth-order valence-electron chi connectivity index (χ4n) is 1.41. The van der Waals surface area contributed by atoms with Crippen LogP contribution in [0.3, 0.4) is 0 Å². The van der Waals surface area contributed by atoms with Crippen molar-refractivity contribution in [3.8, 4) is 0 Å². The Morgan fingerprint density at radius 1 is 1.22 bits per heavy atom. The molecule has 1 unspecified atom stereocenters. The summed E-state index contributed by atoms with van der Waals surface area (Å²) in [5.41, 5.74) is -1.69. The number of nitrogens with one attached hydrogen (secondary N) is 1. The second-order valence-corrected chi connectivity index (χ2v) is 5.45. The normalized spacial score (nSPS) is 13.9. The van der Waals surface area contributed by atoms with Crippen LogP contribution in [0, 0.1) is 0 Å². The van der Waals surface area contributed by atoms with Crippen molar-refractivity contribution in [1.82, 2.24) is 5.32 Å². The Kier molecular flexibility index (Phi) is 5.60. The highest BCUT2D eigenvalue weighted by atomic mass is 16.6. The molecule has 0 fully saturated rings. The Balaban J connectivity index is 4.75. The molecule has 0 radical (unpaired) electrons. The second kappa shape index (κ2) is 6.04. The van der Waals surface area contributed by atoms with Gasteiger partial charge in [0.15, 0.2) is 6.04 Å². The molecule has 0 spiro atoms. The van der Waals surface area contributed by atoms with E-state index in [-0.39, 0.29) is 0 Å². The maximum absolute atomic E-state index is 11.6. The minimum atomic E-state index is -1.17. The van der Waals surface area contributed by atoms with E-state index in [1.54, 1.807) is 41.5 Å². The first kappa shape index (κ1) is 16.7. The average molecular weight is 261 g/mol. The standard InChI is InChI=1S/C12H23NO5/c1-7-17-12(5,6)8(9(14)15)13-10(16)18-11(2,3)4/h8H,7H2,1-6H3,(H,13,16)(H,14,15). The lowest BCUT2D eigenvalue weighted by Gasteiger charge is -2.32. The molecule has 1 atom stereocenters. The van der Waals surface area contributed by atoms with Crippen LogP contribution in [0.4, 0.5) is 4.79 Å². The minimum Gasteiger partial charge on any atom is -0.480 e.